The number of imidazole rings is 1. The van der Waals surface area contributed by atoms with Crippen molar-refractivity contribution in [3.8, 4) is 11.3 Å². The van der Waals surface area contributed by atoms with Gasteiger partial charge in [-0.1, -0.05) is 18.6 Å². The highest BCUT2D eigenvalue weighted by Crippen LogP contribution is 2.48. The predicted molar refractivity (Wildman–Crippen MR) is 179 cm³/mol. The first-order chi connectivity index (χ1) is 22.1. The monoisotopic (exact) mass is 623 g/mol. The summed E-state index contributed by atoms with van der Waals surface area (Å²) < 4.78 is 17.3. The van der Waals surface area contributed by atoms with Crippen molar-refractivity contribution < 1.29 is 14.0 Å². The summed E-state index contributed by atoms with van der Waals surface area (Å²) in [4.78, 5) is 40.7. The number of nitrogens with one attached hydrogen (secondary N) is 2. The number of nitrogens with zero attached hydrogens (tertiary/aromatic N) is 5. The minimum atomic E-state index is -0.612. The molecule has 2 amide bonds. The second-order valence-corrected chi connectivity index (χ2v) is 13.5. The molecule has 1 saturated carbocycles. The molecule has 3 aliphatic rings. The van der Waals surface area contributed by atoms with Crippen molar-refractivity contribution in [2.75, 3.05) is 30.4 Å². The second-order valence-electron chi connectivity index (χ2n) is 13.5. The summed E-state index contributed by atoms with van der Waals surface area (Å²) in [5.41, 5.74) is 5.41. The van der Waals surface area contributed by atoms with E-state index < -0.39 is 11.2 Å². The van der Waals surface area contributed by atoms with E-state index in [0.717, 1.165) is 48.3 Å². The Labute approximate surface area is 269 Å². The Kier molecular flexibility index (Phi) is 7.58. The molecule has 7 rings (SSSR count). The molecular weight excluding hydrogens is 581 g/mol. The number of likely N-dealkylation sites (tertiary alicyclic amines) is 1. The quantitative estimate of drug-likeness (QED) is 0.251. The van der Waals surface area contributed by atoms with Crippen LogP contribution in [-0.2, 0) is 16.8 Å². The van der Waals surface area contributed by atoms with Gasteiger partial charge in [0.15, 0.2) is 5.82 Å². The van der Waals surface area contributed by atoms with Gasteiger partial charge in [0.2, 0.25) is 5.91 Å². The fraction of sp³-hybridized carbons (Fsp3) is 0.444. The number of rotatable bonds is 7. The van der Waals surface area contributed by atoms with Crippen LogP contribution in [0.2, 0.25) is 0 Å². The van der Waals surface area contributed by atoms with Crippen molar-refractivity contribution in [2.45, 2.75) is 83.8 Å². The maximum atomic E-state index is 15.3. The standard InChI is InChI=1S/C36H42FN7O2/c1-6-42-20-39-30-19-28(40-33(32(30)42)41-29-18-25(34(45)38-5)21(2)14-27(29)37)22-10-11-26-31(15-22)44(35(46)36(26,3)4)24-16-23(17-24)43-12-8-7-9-13-43/h10-11,14-15,18-20,23-24H,6-9,12-13,16-17H2,1-5H3,(H,38,45)(H,40,41). The Hall–Kier alpha value is -4.31. The summed E-state index contributed by atoms with van der Waals surface area (Å²) in [5, 5.41) is 5.82. The van der Waals surface area contributed by atoms with Crippen LogP contribution in [-0.4, -0.2) is 63.5 Å². The first kappa shape index (κ1) is 30.3. The summed E-state index contributed by atoms with van der Waals surface area (Å²) in [6, 6.07) is 11.7. The lowest BCUT2D eigenvalue weighted by Crippen LogP contribution is -2.57. The molecule has 0 spiro atoms. The lowest BCUT2D eigenvalue weighted by molar-refractivity contribution is -0.123. The average Bonchev–Trinajstić information content (AvgIpc) is 3.54. The number of fused-ring (bicyclic) bond motifs is 2. The van der Waals surface area contributed by atoms with Crippen molar-refractivity contribution in [1.29, 1.82) is 0 Å². The first-order valence-electron chi connectivity index (χ1n) is 16.5. The smallest absolute Gasteiger partial charge is 0.251 e. The number of piperidine rings is 1. The van der Waals surface area contributed by atoms with Gasteiger partial charge in [0.25, 0.3) is 5.91 Å². The van der Waals surface area contributed by atoms with Gasteiger partial charge < -0.3 is 25.0 Å². The van der Waals surface area contributed by atoms with E-state index in [1.54, 1.807) is 20.3 Å². The zero-order valence-corrected chi connectivity index (χ0v) is 27.3. The van der Waals surface area contributed by atoms with Crippen LogP contribution < -0.4 is 15.5 Å². The van der Waals surface area contributed by atoms with Crippen LogP contribution in [0.25, 0.3) is 22.3 Å². The van der Waals surface area contributed by atoms with Gasteiger partial charge in [0.1, 0.15) is 11.3 Å². The highest BCUT2D eigenvalue weighted by molar-refractivity contribution is 6.09. The SMILES string of the molecule is CCn1cnc2cc(-c3ccc4c(c3)N(C3CC(N5CCCCC5)C3)C(=O)C4(C)C)nc(Nc3cc(C(=O)NC)c(C)cc3F)c21. The maximum Gasteiger partial charge on any atom is 0.251 e. The van der Waals surface area contributed by atoms with Crippen LogP contribution in [0, 0.1) is 12.7 Å². The van der Waals surface area contributed by atoms with Crippen molar-refractivity contribution >= 4 is 40.0 Å². The largest absolute Gasteiger partial charge is 0.355 e. The third-order valence-corrected chi connectivity index (χ3v) is 10.3. The number of anilines is 3. The summed E-state index contributed by atoms with van der Waals surface area (Å²) >= 11 is 0. The number of carbonyl (C=O) groups is 2. The van der Waals surface area contributed by atoms with E-state index in [1.165, 1.54) is 31.4 Å². The van der Waals surface area contributed by atoms with Gasteiger partial charge in [-0.15, -0.1) is 0 Å². The molecule has 240 valence electrons. The molecule has 2 aromatic heterocycles. The van der Waals surface area contributed by atoms with Crippen LogP contribution in [0.5, 0.6) is 0 Å². The first-order valence-corrected chi connectivity index (χ1v) is 16.5. The van der Waals surface area contributed by atoms with Gasteiger partial charge >= 0.3 is 0 Å². The molecule has 2 N–H and O–H groups in total. The summed E-state index contributed by atoms with van der Waals surface area (Å²) in [7, 11) is 1.55. The number of amides is 2. The van der Waals surface area contributed by atoms with E-state index in [4.69, 9.17) is 4.98 Å². The molecule has 1 saturated heterocycles. The molecule has 46 heavy (non-hydrogen) atoms. The Morgan fingerprint density at radius 2 is 1.83 bits per heavy atom. The molecule has 0 radical (unpaired) electrons. The van der Waals surface area contributed by atoms with Crippen molar-refractivity contribution in [3.63, 3.8) is 0 Å². The minimum Gasteiger partial charge on any atom is -0.355 e. The number of carbonyl (C=O) groups excluding carboxylic acids is 2. The molecule has 0 atom stereocenters. The number of hydrogen-bond acceptors (Lipinski definition) is 6. The third-order valence-electron chi connectivity index (χ3n) is 10.3. The predicted octanol–water partition coefficient (Wildman–Crippen LogP) is 6.31. The summed E-state index contributed by atoms with van der Waals surface area (Å²) in [6.45, 7) is 10.7. The Balaban J connectivity index is 1.27. The minimum absolute atomic E-state index is 0.149. The second kappa shape index (κ2) is 11.5. The van der Waals surface area contributed by atoms with Crippen LogP contribution in [0.4, 0.5) is 21.6 Å². The van der Waals surface area contributed by atoms with Gasteiger partial charge in [-0.05, 0) is 102 Å². The number of pyridine rings is 1. The van der Waals surface area contributed by atoms with E-state index in [0.29, 0.717) is 40.7 Å². The number of benzene rings is 2. The lowest BCUT2D eigenvalue weighted by Gasteiger charge is -2.48. The van der Waals surface area contributed by atoms with Gasteiger partial charge in [-0.3, -0.25) is 9.59 Å². The fourth-order valence-corrected chi connectivity index (χ4v) is 7.50. The summed E-state index contributed by atoms with van der Waals surface area (Å²) in [6.07, 6.45) is 7.59. The summed E-state index contributed by atoms with van der Waals surface area (Å²) in [5.74, 6) is -0.184. The van der Waals surface area contributed by atoms with Crippen LogP contribution in [0.1, 0.15) is 74.4 Å². The molecule has 4 heterocycles. The number of halogens is 1. The Morgan fingerprint density at radius 3 is 2.54 bits per heavy atom. The molecule has 2 fully saturated rings. The number of aryl methyl sites for hydroxylation is 2. The third kappa shape index (κ3) is 4.94. The Bertz CT molecular complexity index is 1850. The van der Waals surface area contributed by atoms with Gasteiger partial charge in [0.05, 0.1) is 28.6 Å². The van der Waals surface area contributed by atoms with E-state index in [9.17, 15) is 9.59 Å². The molecule has 0 bridgehead atoms. The van der Waals surface area contributed by atoms with E-state index in [-0.39, 0.29) is 23.5 Å². The van der Waals surface area contributed by atoms with Crippen LogP contribution in [0.3, 0.4) is 0 Å². The fourth-order valence-electron chi connectivity index (χ4n) is 7.50. The maximum absolute atomic E-state index is 15.3. The van der Waals surface area contributed by atoms with Gasteiger partial charge in [0, 0.05) is 42.5 Å². The molecule has 4 aromatic rings. The normalized spacial score (nSPS) is 20.9. The van der Waals surface area contributed by atoms with Crippen LogP contribution in [0.15, 0.2) is 42.7 Å². The molecule has 1 aliphatic carbocycles. The Morgan fingerprint density at radius 1 is 1.07 bits per heavy atom. The average molecular weight is 624 g/mol. The van der Waals surface area contributed by atoms with E-state index in [1.807, 2.05) is 42.4 Å². The zero-order chi connectivity index (χ0) is 32.3. The molecule has 2 aliphatic heterocycles. The molecular formula is C36H42FN7O2. The van der Waals surface area contributed by atoms with Gasteiger partial charge in [-0.25, -0.2) is 14.4 Å². The molecule has 10 heteroatoms. The lowest BCUT2D eigenvalue weighted by atomic mass is 9.82. The van der Waals surface area contributed by atoms with Crippen molar-refractivity contribution in [3.05, 3.63) is 65.2 Å². The molecule has 2 aromatic carbocycles. The molecule has 0 unspecified atom stereocenters. The van der Waals surface area contributed by atoms with Crippen LogP contribution >= 0.6 is 0 Å². The van der Waals surface area contributed by atoms with Crippen molar-refractivity contribution in [2.24, 2.45) is 0 Å². The van der Waals surface area contributed by atoms with Crippen molar-refractivity contribution in [1.82, 2.24) is 24.8 Å². The molecule has 9 nitrogen and oxygen atoms in total. The van der Waals surface area contributed by atoms with E-state index >= 15 is 4.39 Å². The zero-order valence-electron chi connectivity index (χ0n) is 27.3. The highest BCUT2D eigenvalue weighted by atomic mass is 19.1. The van der Waals surface area contributed by atoms with E-state index in [2.05, 4.69) is 32.7 Å². The topological polar surface area (TPSA) is 95.4 Å². The number of hydrogen-bond donors (Lipinski definition) is 2. The van der Waals surface area contributed by atoms with Gasteiger partial charge in [-0.2, -0.15) is 0 Å². The number of aromatic nitrogens is 3. The highest BCUT2D eigenvalue weighted by Gasteiger charge is 2.50.